The predicted molar refractivity (Wildman–Crippen MR) is 85.1 cm³/mol. The van der Waals surface area contributed by atoms with E-state index < -0.39 is 0 Å². The summed E-state index contributed by atoms with van der Waals surface area (Å²) in [5.41, 5.74) is 0.769. The third-order valence-corrected chi connectivity index (χ3v) is 6.54. The molecule has 0 aromatic rings. The van der Waals surface area contributed by atoms with Gasteiger partial charge in [0, 0.05) is 0 Å². The van der Waals surface area contributed by atoms with Crippen molar-refractivity contribution in [2.75, 3.05) is 0 Å². The number of rotatable bonds is 7. The fourth-order valence-electron chi connectivity index (χ4n) is 5.70. The number of hydrogen-bond acceptors (Lipinski definition) is 0. The van der Waals surface area contributed by atoms with Crippen molar-refractivity contribution in [1.29, 1.82) is 0 Å². The van der Waals surface area contributed by atoms with Gasteiger partial charge in [-0.1, -0.05) is 54.4 Å². The first kappa shape index (κ1) is 15.4. The molecule has 0 heterocycles. The van der Waals surface area contributed by atoms with Gasteiger partial charge in [-0.25, -0.2) is 0 Å². The van der Waals surface area contributed by atoms with Gasteiger partial charge in [0.1, 0.15) is 0 Å². The Morgan fingerprint density at radius 1 is 1.11 bits per heavy atom. The molecule has 0 spiro atoms. The quantitative estimate of drug-likeness (QED) is 0.517. The highest BCUT2D eigenvalue weighted by Crippen LogP contribution is 2.70. The minimum Gasteiger partial charge on any atom is -0.0651 e. The lowest BCUT2D eigenvalue weighted by atomic mass is 9.53. The van der Waals surface area contributed by atoms with Gasteiger partial charge in [-0.2, -0.15) is 0 Å². The molecule has 3 saturated carbocycles. The SMILES string of the molecule is CCC(C)C1C2CC1(CCC(C)CC(C)C)CC2C. The van der Waals surface area contributed by atoms with E-state index in [2.05, 4.69) is 41.5 Å². The van der Waals surface area contributed by atoms with Crippen molar-refractivity contribution in [1.82, 2.24) is 0 Å². The summed E-state index contributed by atoms with van der Waals surface area (Å²) in [6, 6.07) is 0. The molecule has 0 aromatic carbocycles. The third-order valence-electron chi connectivity index (χ3n) is 6.54. The summed E-state index contributed by atoms with van der Waals surface area (Å²) in [4.78, 5) is 0. The molecular weight excluding hydrogens is 228 g/mol. The minimum absolute atomic E-state index is 0.769. The molecule has 3 rings (SSSR count). The molecule has 0 amide bonds. The van der Waals surface area contributed by atoms with Crippen LogP contribution in [0.3, 0.4) is 0 Å². The average molecular weight is 264 g/mol. The summed E-state index contributed by atoms with van der Waals surface area (Å²) in [6.45, 7) is 14.6. The normalized spacial score (nSPS) is 40.3. The summed E-state index contributed by atoms with van der Waals surface area (Å²) in [5, 5.41) is 0. The third kappa shape index (κ3) is 2.88. The molecule has 0 aliphatic heterocycles. The average Bonchev–Trinajstić information content (AvgIpc) is 2.76. The highest BCUT2D eigenvalue weighted by Gasteiger charge is 2.62. The van der Waals surface area contributed by atoms with Crippen LogP contribution in [-0.4, -0.2) is 0 Å². The van der Waals surface area contributed by atoms with Gasteiger partial charge in [-0.05, 0) is 66.6 Å². The summed E-state index contributed by atoms with van der Waals surface area (Å²) < 4.78 is 0. The Morgan fingerprint density at radius 2 is 1.79 bits per heavy atom. The predicted octanol–water partition coefficient (Wildman–Crippen LogP) is 6.16. The highest BCUT2D eigenvalue weighted by molar-refractivity contribution is 5.11. The Labute approximate surface area is 121 Å². The summed E-state index contributed by atoms with van der Waals surface area (Å²) in [6.07, 6.45) is 8.92. The summed E-state index contributed by atoms with van der Waals surface area (Å²) in [5.74, 6) is 5.93. The van der Waals surface area contributed by atoms with Crippen LogP contribution >= 0.6 is 0 Å². The first-order valence-corrected chi connectivity index (χ1v) is 8.89. The molecule has 0 saturated heterocycles. The molecule has 6 unspecified atom stereocenters. The van der Waals surface area contributed by atoms with Crippen LogP contribution in [0.2, 0.25) is 0 Å². The van der Waals surface area contributed by atoms with E-state index in [4.69, 9.17) is 0 Å². The second-order valence-electron chi connectivity index (χ2n) is 8.60. The van der Waals surface area contributed by atoms with E-state index in [0.29, 0.717) is 0 Å². The van der Waals surface area contributed by atoms with Crippen molar-refractivity contribution in [3.63, 3.8) is 0 Å². The van der Waals surface area contributed by atoms with Gasteiger partial charge in [0.05, 0.1) is 0 Å². The first-order chi connectivity index (χ1) is 8.89. The molecular formula is C19H36. The molecule has 3 aliphatic rings. The molecule has 0 radical (unpaired) electrons. The van der Waals surface area contributed by atoms with Crippen molar-refractivity contribution in [3.8, 4) is 0 Å². The molecule has 0 nitrogen and oxygen atoms in total. The van der Waals surface area contributed by atoms with Crippen LogP contribution in [0.25, 0.3) is 0 Å². The van der Waals surface area contributed by atoms with Crippen molar-refractivity contribution in [3.05, 3.63) is 0 Å². The topological polar surface area (TPSA) is 0 Å². The van der Waals surface area contributed by atoms with E-state index in [0.717, 1.165) is 40.9 Å². The Morgan fingerprint density at radius 3 is 2.32 bits per heavy atom. The van der Waals surface area contributed by atoms with Crippen LogP contribution in [0.15, 0.2) is 0 Å². The van der Waals surface area contributed by atoms with Crippen molar-refractivity contribution >= 4 is 0 Å². The van der Waals surface area contributed by atoms with Gasteiger partial charge in [0.25, 0.3) is 0 Å². The van der Waals surface area contributed by atoms with Gasteiger partial charge in [0.15, 0.2) is 0 Å². The highest BCUT2D eigenvalue weighted by atomic mass is 14.7. The van der Waals surface area contributed by atoms with E-state index in [-0.39, 0.29) is 0 Å². The molecule has 0 aromatic heterocycles. The van der Waals surface area contributed by atoms with E-state index in [1.165, 1.54) is 25.7 Å². The lowest BCUT2D eigenvalue weighted by Gasteiger charge is -2.52. The largest absolute Gasteiger partial charge is 0.0651 e. The molecule has 3 fully saturated rings. The summed E-state index contributed by atoms with van der Waals surface area (Å²) >= 11 is 0. The fourth-order valence-corrected chi connectivity index (χ4v) is 5.70. The standard InChI is InChI=1S/C19H36/c1-7-15(5)18-17-12-19(18,11-16(17)6)9-8-14(4)10-13(2)3/h13-18H,7-12H2,1-6H3. The van der Waals surface area contributed by atoms with Crippen LogP contribution in [0.4, 0.5) is 0 Å². The molecule has 3 aliphatic carbocycles. The maximum absolute atomic E-state index is 2.52. The summed E-state index contributed by atoms with van der Waals surface area (Å²) in [7, 11) is 0. The maximum Gasteiger partial charge on any atom is -0.0258 e. The zero-order valence-corrected chi connectivity index (χ0v) is 14.2. The monoisotopic (exact) mass is 264 g/mol. The number of fused-ring (bicyclic) bond motifs is 1. The van der Waals surface area contributed by atoms with Gasteiger partial charge in [0.2, 0.25) is 0 Å². The van der Waals surface area contributed by atoms with Gasteiger partial charge >= 0.3 is 0 Å². The molecule has 0 heteroatoms. The van der Waals surface area contributed by atoms with Crippen LogP contribution in [0.1, 0.15) is 80.1 Å². The van der Waals surface area contributed by atoms with Crippen molar-refractivity contribution in [2.24, 2.45) is 40.9 Å². The van der Waals surface area contributed by atoms with Crippen LogP contribution in [0, 0.1) is 40.9 Å². The molecule has 112 valence electrons. The van der Waals surface area contributed by atoms with Gasteiger partial charge in [-0.15, -0.1) is 0 Å². The van der Waals surface area contributed by atoms with E-state index in [1.54, 1.807) is 12.8 Å². The molecule has 0 N–H and O–H groups in total. The molecule has 2 bridgehead atoms. The van der Waals surface area contributed by atoms with Gasteiger partial charge < -0.3 is 0 Å². The maximum atomic E-state index is 2.52. The Bertz CT molecular complexity index is 292. The molecule has 6 atom stereocenters. The van der Waals surface area contributed by atoms with Crippen molar-refractivity contribution in [2.45, 2.75) is 80.1 Å². The lowest BCUT2D eigenvalue weighted by molar-refractivity contribution is -0.0275. The lowest BCUT2D eigenvalue weighted by Crippen LogP contribution is -2.44. The smallest absolute Gasteiger partial charge is 0.0258 e. The van der Waals surface area contributed by atoms with Crippen LogP contribution < -0.4 is 0 Å². The number of hydrogen-bond donors (Lipinski definition) is 0. The fraction of sp³-hybridized carbons (Fsp3) is 1.00. The Hall–Kier alpha value is 0. The van der Waals surface area contributed by atoms with Crippen LogP contribution in [0.5, 0.6) is 0 Å². The van der Waals surface area contributed by atoms with Crippen molar-refractivity contribution < 1.29 is 0 Å². The van der Waals surface area contributed by atoms with E-state index in [1.807, 2.05) is 0 Å². The van der Waals surface area contributed by atoms with Gasteiger partial charge in [-0.3, -0.25) is 0 Å². The zero-order chi connectivity index (χ0) is 14.2. The first-order valence-electron chi connectivity index (χ1n) is 8.89. The minimum atomic E-state index is 0.769. The van der Waals surface area contributed by atoms with E-state index >= 15 is 0 Å². The van der Waals surface area contributed by atoms with Crippen LogP contribution in [-0.2, 0) is 0 Å². The Balaban J connectivity index is 1.91. The van der Waals surface area contributed by atoms with E-state index in [9.17, 15) is 0 Å². The molecule has 19 heavy (non-hydrogen) atoms. The second kappa shape index (κ2) is 5.78. The zero-order valence-electron chi connectivity index (χ0n) is 14.2. The second-order valence-corrected chi connectivity index (χ2v) is 8.60. The Kier molecular flexibility index (Phi) is 4.68.